The molecule has 0 aliphatic carbocycles. The molecule has 0 spiro atoms. The van der Waals surface area contributed by atoms with E-state index < -0.39 is 0 Å². The molecule has 10 heteroatoms. The summed E-state index contributed by atoms with van der Waals surface area (Å²) in [6.07, 6.45) is 4.59. The Balaban J connectivity index is 1.38. The Morgan fingerprint density at radius 2 is 2.09 bits per heavy atom. The molecule has 1 aromatic carbocycles. The van der Waals surface area contributed by atoms with Crippen molar-refractivity contribution in [3.63, 3.8) is 0 Å². The number of aromatic nitrogens is 4. The second-order valence-corrected chi connectivity index (χ2v) is 11.9. The predicted molar refractivity (Wildman–Crippen MR) is 144 cm³/mol. The van der Waals surface area contributed by atoms with Gasteiger partial charge < -0.3 is 10.1 Å². The number of nitrogens with zero attached hydrogens (tertiary/aromatic N) is 4. The highest BCUT2D eigenvalue weighted by Crippen LogP contribution is 2.42. The molecule has 5 rings (SSSR count). The maximum Gasteiger partial charge on any atom is 0.230 e. The Morgan fingerprint density at radius 3 is 2.83 bits per heavy atom. The van der Waals surface area contributed by atoms with Crippen LogP contribution in [0.3, 0.4) is 0 Å². The van der Waals surface area contributed by atoms with Gasteiger partial charge >= 0.3 is 0 Å². The van der Waals surface area contributed by atoms with Crippen LogP contribution in [0, 0.1) is 0 Å². The van der Waals surface area contributed by atoms with Crippen LogP contribution in [0.25, 0.3) is 15.9 Å². The molecule has 0 radical (unpaired) electrons. The number of carbonyl (C=O) groups is 1. The van der Waals surface area contributed by atoms with Gasteiger partial charge in [0.2, 0.25) is 5.91 Å². The summed E-state index contributed by atoms with van der Waals surface area (Å²) in [6, 6.07) is 10.2. The van der Waals surface area contributed by atoms with Gasteiger partial charge in [-0.25, -0.2) is 9.38 Å². The first-order chi connectivity index (χ1) is 16.9. The zero-order valence-corrected chi connectivity index (χ0v) is 22.8. The summed E-state index contributed by atoms with van der Waals surface area (Å²) in [4.78, 5) is 19.8. The minimum absolute atomic E-state index is 0.0151. The van der Waals surface area contributed by atoms with Crippen molar-refractivity contribution in [2.24, 2.45) is 0 Å². The summed E-state index contributed by atoms with van der Waals surface area (Å²) < 4.78 is 8.17. The van der Waals surface area contributed by atoms with Crippen molar-refractivity contribution in [3.8, 4) is 0 Å². The summed E-state index contributed by atoms with van der Waals surface area (Å²) in [6.45, 7) is 6.97. The van der Waals surface area contributed by atoms with Crippen molar-refractivity contribution in [1.29, 1.82) is 0 Å². The topological polar surface area (TPSA) is 81.4 Å². The lowest BCUT2D eigenvalue weighted by Crippen LogP contribution is -2.35. The number of hydrogen-bond donors (Lipinski definition) is 1. The monoisotopic (exact) mass is 527 g/mol. The fraction of sp³-hybridized carbons (Fsp3) is 0.440. The highest BCUT2D eigenvalue weighted by atomic mass is 32.2. The molecule has 1 aliphatic heterocycles. The van der Waals surface area contributed by atoms with Gasteiger partial charge in [-0.05, 0) is 44.1 Å². The number of carbonyl (C=O) groups excluding carboxylic acids is 1. The third-order valence-corrected chi connectivity index (χ3v) is 9.14. The van der Waals surface area contributed by atoms with Crippen molar-refractivity contribution >= 4 is 56.6 Å². The van der Waals surface area contributed by atoms with Crippen molar-refractivity contribution in [1.82, 2.24) is 24.9 Å². The maximum absolute atomic E-state index is 12.7. The highest BCUT2D eigenvalue weighted by molar-refractivity contribution is 8.00. The van der Waals surface area contributed by atoms with Crippen LogP contribution in [-0.4, -0.2) is 49.1 Å². The first-order valence-electron chi connectivity index (χ1n) is 11.7. The molecule has 0 unspecified atom stereocenters. The van der Waals surface area contributed by atoms with Crippen molar-refractivity contribution in [2.45, 2.75) is 68.6 Å². The van der Waals surface area contributed by atoms with Gasteiger partial charge in [0.05, 0.1) is 23.3 Å². The second kappa shape index (κ2) is 10.1. The zero-order valence-electron chi connectivity index (χ0n) is 20.3. The number of nitrogens with one attached hydrogen (secondary N) is 1. The molecule has 0 saturated heterocycles. The van der Waals surface area contributed by atoms with E-state index in [1.54, 1.807) is 23.1 Å². The van der Waals surface area contributed by atoms with Crippen LogP contribution in [0.1, 0.15) is 43.2 Å². The third-order valence-electron chi connectivity index (χ3n) is 6.47. The van der Waals surface area contributed by atoms with Gasteiger partial charge in [-0.2, -0.15) is 0 Å². The number of rotatable bonds is 8. The molecular formula is C25H29N5O2S3. The Morgan fingerprint density at radius 1 is 1.29 bits per heavy atom. The largest absolute Gasteiger partial charge is 0.369 e. The van der Waals surface area contributed by atoms with E-state index in [2.05, 4.69) is 41.5 Å². The van der Waals surface area contributed by atoms with Gasteiger partial charge in [0.1, 0.15) is 4.83 Å². The molecule has 0 saturated carbocycles. The van der Waals surface area contributed by atoms with Gasteiger partial charge in [0.25, 0.3) is 0 Å². The molecule has 4 heterocycles. The van der Waals surface area contributed by atoms with Crippen LogP contribution < -0.4 is 5.32 Å². The zero-order chi connectivity index (χ0) is 24.6. The number of amides is 1. The Kier molecular flexibility index (Phi) is 7.07. The molecule has 1 amide bonds. The highest BCUT2D eigenvalue weighted by Gasteiger charge is 2.33. The van der Waals surface area contributed by atoms with E-state index in [4.69, 9.17) is 9.72 Å². The Bertz CT molecular complexity index is 1370. The second-order valence-electron chi connectivity index (χ2n) is 9.14. The fourth-order valence-corrected chi connectivity index (χ4v) is 6.93. The lowest BCUT2D eigenvalue weighted by atomic mass is 9.90. The fourth-order valence-electron chi connectivity index (χ4n) is 4.44. The molecule has 2 atom stereocenters. The van der Waals surface area contributed by atoms with E-state index >= 15 is 0 Å². The van der Waals surface area contributed by atoms with E-state index in [1.165, 1.54) is 27.8 Å². The number of thiophene rings is 1. The Hall–Kier alpha value is -2.14. The smallest absolute Gasteiger partial charge is 0.230 e. The molecule has 1 aliphatic rings. The van der Waals surface area contributed by atoms with Crippen molar-refractivity contribution in [3.05, 3.63) is 46.3 Å². The molecule has 1 N–H and O–H groups in total. The van der Waals surface area contributed by atoms with Crippen LogP contribution in [0.2, 0.25) is 0 Å². The van der Waals surface area contributed by atoms with Crippen LogP contribution in [0.15, 0.2) is 40.6 Å². The van der Waals surface area contributed by atoms with Crippen LogP contribution in [-0.2, 0) is 29.0 Å². The van der Waals surface area contributed by atoms with Crippen LogP contribution in [0.4, 0.5) is 0 Å². The summed E-state index contributed by atoms with van der Waals surface area (Å²) in [5.74, 6) is 0.258. The SMILES string of the molecule is CC[C@@]1(C)Cc2c(sc3nc(SC)n4c(SCC(=O)N[C@H](C)Cc5ccccc5)nnc4c23)CO1. The third kappa shape index (κ3) is 4.94. The van der Waals surface area contributed by atoms with Crippen LogP contribution in [0.5, 0.6) is 0 Å². The standard InChI is InChI=1S/C25H29N5O2S3/c1-5-25(3)12-17-18(13-32-25)35-22-20(17)21-28-29-24(30(21)23(27-22)33-4)34-14-19(31)26-15(2)11-16-9-7-6-8-10-16/h6-10,15H,5,11-14H2,1-4H3,(H,26,31)/t15-,25+/m1/s1. The first-order valence-corrected chi connectivity index (χ1v) is 14.8. The minimum atomic E-state index is -0.178. The summed E-state index contributed by atoms with van der Waals surface area (Å²) in [7, 11) is 0. The summed E-state index contributed by atoms with van der Waals surface area (Å²) >= 11 is 4.65. The molecule has 0 fully saturated rings. The number of ether oxygens (including phenoxy) is 1. The predicted octanol–water partition coefficient (Wildman–Crippen LogP) is 5.14. The minimum Gasteiger partial charge on any atom is -0.369 e. The summed E-state index contributed by atoms with van der Waals surface area (Å²) in [5.41, 5.74) is 3.13. The van der Waals surface area contributed by atoms with Gasteiger partial charge in [0, 0.05) is 17.3 Å². The van der Waals surface area contributed by atoms with E-state index in [9.17, 15) is 4.79 Å². The lowest BCUT2D eigenvalue weighted by molar-refractivity contribution is -0.119. The summed E-state index contributed by atoms with van der Waals surface area (Å²) in [5, 5.41) is 14.7. The van der Waals surface area contributed by atoms with E-state index in [-0.39, 0.29) is 23.3 Å². The average Bonchev–Trinajstić information content (AvgIpc) is 3.43. The first kappa shape index (κ1) is 24.5. The van der Waals surface area contributed by atoms with Gasteiger partial charge in [-0.3, -0.25) is 4.79 Å². The van der Waals surface area contributed by atoms with Crippen LogP contribution >= 0.6 is 34.9 Å². The molecule has 0 bridgehead atoms. The number of fused-ring (bicyclic) bond motifs is 5. The number of benzene rings is 1. The molecule has 184 valence electrons. The Labute approximate surface area is 217 Å². The van der Waals surface area contributed by atoms with Gasteiger partial charge in [-0.15, -0.1) is 21.5 Å². The normalized spacial score (nSPS) is 18.6. The van der Waals surface area contributed by atoms with E-state index in [1.807, 2.05) is 35.8 Å². The molecule has 7 nitrogen and oxygen atoms in total. The van der Waals surface area contributed by atoms with E-state index in [0.29, 0.717) is 11.8 Å². The van der Waals surface area contributed by atoms with Gasteiger partial charge in [0.15, 0.2) is 16.0 Å². The quantitative estimate of drug-likeness (QED) is 0.251. The molecular weight excluding hydrogens is 499 g/mol. The van der Waals surface area contributed by atoms with Crippen molar-refractivity contribution < 1.29 is 9.53 Å². The number of hydrogen-bond acceptors (Lipinski definition) is 8. The number of thioether (sulfide) groups is 2. The lowest BCUT2D eigenvalue weighted by Gasteiger charge is -2.32. The molecule has 35 heavy (non-hydrogen) atoms. The van der Waals surface area contributed by atoms with Crippen molar-refractivity contribution in [2.75, 3.05) is 12.0 Å². The average molecular weight is 528 g/mol. The maximum atomic E-state index is 12.7. The molecule has 3 aromatic heterocycles. The van der Waals surface area contributed by atoms with E-state index in [0.717, 1.165) is 40.3 Å². The van der Waals surface area contributed by atoms with Gasteiger partial charge in [-0.1, -0.05) is 60.8 Å². The molecule has 4 aromatic rings.